The highest BCUT2D eigenvalue weighted by atomic mass is 19.1. The monoisotopic (exact) mass is 507 g/mol. The minimum Gasteiger partial charge on any atom is -0.507 e. The van der Waals surface area contributed by atoms with Crippen LogP contribution in [0.1, 0.15) is 38.5 Å². The zero-order valence-electron chi connectivity index (χ0n) is 20.8. The van der Waals surface area contributed by atoms with Gasteiger partial charge in [-0.2, -0.15) is 0 Å². The molecule has 2 bridgehead atoms. The first-order valence-electron chi connectivity index (χ1n) is 12.7. The molecular formula is C26H30FN7O3. The van der Waals surface area contributed by atoms with E-state index in [-0.39, 0.29) is 35.6 Å². The van der Waals surface area contributed by atoms with E-state index in [0.29, 0.717) is 34.5 Å². The summed E-state index contributed by atoms with van der Waals surface area (Å²) in [5, 5.41) is 23.0. The van der Waals surface area contributed by atoms with Gasteiger partial charge in [0.15, 0.2) is 11.6 Å². The number of alkyl halides is 1. The number of hydrogen-bond acceptors (Lipinski definition) is 10. The van der Waals surface area contributed by atoms with Crippen LogP contribution in [0.2, 0.25) is 0 Å². The van der Waals surface area contributed by atoms with Crippen LogP contribution in [-0.2, 0) is 0 Å². The predicted octanol–water partition coefficient (Wildman–Crippen LogP) is 3.31. The number of ether oxygens (including phenoxy) is 2. The molecular weight excluding hydrogens is 477 g/mol. The Morgan fingerprint density at radius 1 is 1.03 bits per heavy atom. The molecule has 0 radical (unpaired) electrons. The summed E-state index contributed by atoms with van der Waals surface area (Å²) < 4.78 is 25.8. The molecule has 10 nitrogen and oxygen atoms in total. The second-order valence-electron chi connectivity index (χ2n) is 9.93. The molecule has 1 aromatic carbocycles. The van der Waals surface area contributed by atoms with Gasteiger partial charge in [-0.15, -0.1) is 10.2 Å². The molecule has 37 heavy (non-hydrogen) atoms. The van der Waals surface area contributed by atoms with Crippen molar-refractivity contribution in [2.45, 2.75) is 68.9 Å². The van der Waals surface area contributed by atoms with Gasteiger partial charge in [0.2, 0.25) is 0 Å². The van der Waals surface area contributed by atoms with E-state index in [9.17, 15) is 5.11 Å². The molecule has 1 saturated carbocycles. The third-order valence-corrected chi connectivity index (χ3v) is 7.54. The summed E-state index contributed by atoms with van der Waals surface area (Å²) in [7, 11) is 2.98. The Hall–Kier alpha value is -3.60. The fourth-order valence-electron chi connectivity index (χ4n) is 5.59. The molecule has 3 fully saturated rings. The van der Waals surface area contributed by atoms with Crippen molar-refractivity contribution in [3.8, 4) is 40.2 Å². The van der Waals surface area contributed by atoms with E-state index in [4.69, 9.17) is 9.47 Å². The first kappa shape index (κ1) is 23.8. The van der Waals surface area contributed by atoms with Crippen molar-refractivity contribution in [1.29, 1.82) is 0 Å². The molecule has 1 aliphatic carbocycles. The third-order valence-electron chi connectivity index (χ3n) is 7.54. The van der Waals surface area contributed by atoms with E-state index in [1.54, 1.807) is 30.6 Å². The number of nitrogens with one attached hydrogen (secondary N) is 1. The minimum absolute atomic E-state index is 0.0160. The lowest BCUT2D eigenvalue weighted by atomic mass is 9.82. The van der Waals surface area contributed by atoms with Crippen LogP contribution in [0.4, 0.5) is 10.2 Å². The molecule has 3 aliphatic rings. The van der Waals surface area contributed by atoms with E-state index in [1.807, 2.05) is 0 Å². The van der Waals surface area contributed by atoms with E-state index in [1.165, 1.54) is 14.2 Å². The Morgan fingerprint density at radius 3 is 2.57 bits per heavy atom. The number of anilines is 1. The molecule has 2 saturated heterocycles. The summed E-state index contributed by atoms with van der Waals surface area (Å²) in [5.74, 6) is 1.40. The SMILES string of the molecule is COc1ncc(-c2ccc(-c3ncc(N(C4CC4)[C@H]4C[C@@H]5CCC[C@H](N5)[C@H]4F)nn3)c(O)c2)nc1OC. The van der Waals surface area contributed by atoms with Crippen LogP contribution in [0.3, 0.4) is 0 Å². The van der Waals surface area contributed by atoms with Crippen molar-refractivity contribution in [1.82, 2.24) is 30.5 Å². The molecule has 194 valence electrons. The summed E-state index contributed by atoms with van der Waals surface area (Å²) in [5.41, 5.74) is 1.60. The quantitative estimate of drug-likeness (QED) is 0.493. The van der Waals surface area contributed by atoms with E-state index >= 15 is 4.39 Å². The average Bonchev–Trinajstić information content (AvgIpc) is 3.77. The van der Waals surface area contributed by atoms with Crippen LogP contribution in [-0.4, -0.2) is 74.8 Å². The number of piperidine rings is 2. The molecule has 11 heteroatoms. The fraction of sp³-hybridized carbons (Fsp3) is 0.500. The van der Waals surface area contributed by atoms with Gasteiger partial charge in [0, 0.05) is 23.7 Å². The van der Waals surface area contributed by atoms with Gasteiger partial charge >= 0.3 is 0 Å². The normalized spacial score (nSPS) is 24.9. The average molecular weight is 508 g/mol. The lowest BCUT2D eigenvalue weighted by Crippen LogP contribution is -2.62. The fourth-order valence-corrected chi connectivity index (χ4v) is 5.59. The second kappa shape index (κ2) is 9.70. The summed E-state index contributed by atoms with van der Waals surface area (Å²) in [6.45, 7) is 0. The highest BCUT2D eigenvalue weighted by Crippen LogP contribution is 2.39. The maximum absolute atomic E-state index is 15.5. The van der Waals surface area contributed by atoms with Gasteiger partial charge in [0.05, 0.1) is 43.9 Å². The second-order valence-corrected chi connectivity index (χ2v) is 9.93. The van der Waals surface area contributed by atoms with Crippen LogP contribution in [0.25, 0.3) is 22.6 Å². The Balaban J connectivity index is 1.25. The Labute approximate surface area is 214 Å². The van der Waals surface area contributed by atoms with Crippen LogP contribution in [0.5, 0.6) is 17.5 Å². The van der Waals surface area contributed by atoms with Crippen molar-refractivity contribution in [2.24, 2.45) is 0 Å². The summed E-state index contributed by atoms with van der Waals surface area (Å²) in [6, 6.07) is 5.39. The number of hydrogen-bond donors (Lipinski definition) is 2. The number of nitrogens with zero attached hydrogens (tertiary/aromatic N) is 6. The van der Waals surface area contributed by atoms with Gasteiger partial charge in [-0.25, -0.2) is 19.3 Å². The van der Waals surface area contributed by atoms with Crippen LogP contribution < -0.4 is 19.7 Å². The maximum atomic E-state index is 15.5. The van der Waals surface area contributed by atoms with Gasteiger partial charge in [-0.05, 0) is 44.2 Å². The van der Waals surface area contributed by atoms with Gasteiger partial charge in [-0.3, -0.25) is 0 Å². The lowest BCUT2D eigenvalue weighted by Gasteiger charge is -2.47. The summed E-state index contributed by atoms with van der Waals surface area (Å²) >= 11 is 0. The van der Waals surface area contributed by atoms with Crippen molar-refractivity contribution in [3.05, 3.63) is 30.6 Å². The number of rotatable bonds is 7. The van der Waals surface area contributed by atoms with Gasteiger partial charge < -0.3 is 24.8 Å². The first-order chi connectivity index (χ1) is 18.1. The van der Waals surface area contributed by atoms with E-state index in [2.05, 4.69) is 35.4 Å². The Bertz CT molecular complexity index is 1270. The molecule has 0 amide bonds. The molecule has 2 N–H and O–H groups in total. The predicted molar refractivity (Wildman–Crippen MR) is 134 cm³/mol. The van der Waals surface area contributed by atoms with Gasteiger partial charge in [0.1, 0.15) is 11.9 Å². The number of phenolic OH excluding ortho intramolecular Hbond substituents is 1. The molecule has 2 aliphatic heterocycles. The largest absolute Gasteiger partial charge is 0.507 e. The third kappa shape index (κ3) is 4.52. The number of aromatic hydroxyl groups is 1. The van der Waals surface area contributed by atoms with Gasteiger partial charge in [0.25, 0.3) is 11.8 Å². The van der Waals surface area contributed by atoms with Crippen molar-refractivity contribution in [2.75, 3.05) is 19.1 Å². The topological polar surface area (TPSA) is 118 Å². The summed E-state index contributed by atoms with van der Waals surface area (Å²) in [6.07, 6.45) is 8.10. The minimum atomic E-state index is -0.949. The smallest absolute Gasteiger partial charge is 0.278 e. The number of benzene rings is 1. The highest BCUT2D eigenvalue weighted by molar-refractivity contribution is 5.71. The zero-order chi connectivity index (χ0) is 25.5. The van der Waals surface area contributed by atoms with Gasteiger partial charge in [-0.1, -0.05) is 12.5 Å². The number of halogens is 1. The first-order valence-corrected chi connectivity index (χ1v) is 12.7. The molecule has 4 heterocycles. The Kier molecular flexibility index (Phi) is 6.23. The number of aromatic nitrogens is 5. The van der Waals surface area contributed by atoms with Crippen molar-refractivity contribution < 1.29 is 19.0 Å². The Morgan fingerprint density at radius 2 is 1.86 bits per heavy atom. The number of fused-ring (bicyclic) bond motifs is 2. The van der Waals surface area contributed by atoms with Crippen LogP contribution >= 0.6 is 0 Å². The molecule has 0 unspecified atom stereocenters. The zero-order valence-corrected chi connectivity index (χ0v) is 20.8. The number of phenols is 1. The highest BCUT2D eigenvalue weighted by Gasteiger charge is 2.46. The molecule has 0 spiro atoms. The van der Waals surface area contributed by atoms with Crippen LogP contribution in [0.15, 0.2) is 30.6 Å². The standard InChI is InChI=1S/C26H30FN7O3/c1-36-25-26(37-2)31-19(12-29-25)14-6-9-17(21(35)10-14)24-28-13-22(32-33-24)34(16-7-8-16)20-11-15-4-3-5-18(30-15)23(20)27/h6,9-10,12-13,15-16,18,20,23,30,35H,3-5,7-8,11H2,1-2H3/t15-,18-,20-,23+/m0/s1. The number of methoxy groups -OCH3 is 2. The van der Waals surface area contributed by atoms with Crippen molar-refractivity contribution in [3.63, 3.8) is 0 Å². The molecule has 6 rings (SSSR count). The van der Waals surface area contributed by atoms with Crippen molar-refractivity contribution >= 4 is 5.82 Å². The molecule has 3 aromatic rings. The summed E-state index contributed by atoms with van der Waals surface area (Å²) in [4.78, 5) is 15.2. The van der Waals surface area contributed by atoms with Crippen LogP contribution in [0, 0.1) is 0 Å². The molecule has 4 atom stereocenters. The maximum Gasteiger partial charge on any atom is 0.278 e. The molecule has 2 aromatic heterocycles. The lowest BCUT2D eigenvalue weighted by molar-refractivity contribution is 0.104. The van der Waals surface area contributed by atoms with E-state index in [0.717, 1.165) is 38.5 Å². The van der Waals surface area contributed by atoms with E-state index < -0.39 is 6.17 Å².